The number of likely N-dealkylation sites (tertiary alicyclic amines) is 1. The highest BCUT2D eigenvalue weighted by atomic mass is 16.5. The third-order valence-electron chi connectivity index (χ3n) is 4.99. The van der Waals surface area contributed by atoms with Gasteiger partial charge in [0.15, 0.2) is 0 Å². The average molecular weight is 310 g/mol. The number of nitrogens with zero attached hydrogens (tertiary/aromatic N) is 1. The molecule has 0 aromatic heterocycles. The number of rotatable bonds is 7. The Morgan fingerprint density at radius 1 is 1.14 bits per heavy atom. The molecular formula is C18H34N2O2. The molecule has 2 rings (SSSR count). The molecule has 2 aliphatic rings. The van der Waals surface area contributed by atoms with Crippen LogP contribution in [0.4, 0.5) is 0 Å². The molecule has 0 radical (unpaired) electrons. The van der Waals surface area contributed by atoms with Crippen LogP contribution in [-0.2, 0) is 9.53 Å². The van der Waals surface area contributed by atoms with Gasteiger partial charge in [-0.1, -0.05) is 26.2 Å². The minimum absolute atomic E-state index is 0.0257. The number of nitrogens with one attached hydrogen (secondary N) is 1. The Labute approximate surface area is 136 Å². The highest BCUT2D eigenvalue weighted by Crippen LogP contribution is 2.24. The number of hydrogen-bond acceptors (Lipinski definition) is 4. The zero-order chi connectivity index (χ0) is 15.8. The average Bonchev–Trinajstić information content (AvgIpc) is 2.48. The van der Waals surface area contributed by atoms with Gasteiger partial charge in [-0.05, 0) is 45.1 Å². The topological polar surface area (TPSA) is 41.6 Å². The fourth-order valence-corrected chi connectivity index (χ4v) is 4.13. The first kappa shape index (κ1) is 17.7. The van der Waals surface area contributed by atoms with Crippen molar-refractivity contribution in [3.8, 4) is 0 Å². The molecule has 2 fully saturated rings. The van der Waals surface area contributed by atoms with Gasteiger partial charge in [0.25, 0.3) is 0 Å². The molecule has 0 amide bonds. The molecule has 2 unspecified atom stereocenters. The first-order chi connectivity index (χ1) is 10.7. The summed E-state index contributed by atoms with van der Waals surface area (Å²) in [6.45, 7) is 7.95. The second-order valence-corrected chi connectivity index (χ2v) is 7.07. The fraction of sp³-hybridized carbons (Fsp3) is 0.944. The molecule has 0 aromatic carbocycles. The van der Waals surface area contributed by atoms with Gasteiger partial charge in [-0.3, -0.25) is 4.79 Å². The number of esters is 1. The number of hydrogen-bond donors (Lipinski definition) is 1. The van der Waals surface area contributed by atoms with Crippen molar-refractivity contribution in [1.82, 2.24) is 10.2 Å². The number of carbonyl (C=O) groups is 1. The molecule has 4 nitrogen and oxygen atoms in total. The van der Waals surface area contributed by atoms with E-state index in [4.69, 9.17) is 4.74 Å². The summed E-state index contributed by atoms with van der Waals surface area (Å²) in [7, 11) is 0. The van der Waals surface area contributed by atoms with E-state index in [1.54, 1.807) is 0 Å². The second kappa shape index (κ2) is 9.51. The Bertz CT molecular complexity index is 329. The van der Waals surface area contributed by atoms with Gasteiger partial charge in [0.05, 0.1) is 6.61 Å². The zero-order valence-corrected chi connectivity index (χ0v) is 14.5. The maximum atomic E-state index is 11.8. The lowest BCUT2D eigenvalue weighted by Gasteiger charge is -2.40. The molecule has 1 aliphatic heterocycles. The molecule has 1 aliphatic carbocycles. The molecule has 2 atom stereocenters. The quantitative estimate of drug-likeness (QED) is 0.734. The van der Waals surface area contributed by atoms with Crippen molar-refractivity contribution in [2.45, 2.75) is 77.3 Å². The third-order valence-corrected chi connectivity index (χ3v) is 4.99. The maximum absolute atomic E-state index is 11.8. The van der Waals surface area contributed by atoms with E-state index in [-0.39, 0.29) is 5.97 Å². The van der Waals surface area contributed by atoms with E-state index in [0.29, 0.717) is 31.0 Å². The summed E-state index contributed by atoms with van der Waals surface area (Å²) in [5.41, 5.74) is 0. The molecule has 1 saturated carbocycles. The van der Waals surface area contributed by atoms with Crippen LogP contribution in [0.3, 0.4) is 0 Å². The summed E-state index contributed by atoms with van der Waals surface area (Å²) in [4.78, 5) is 14.3. The van der Waals surface area contributed by atoms with Crippen LogP contribution in [0, 0.1) is 5.92 Å². The van der Waals surface area contributed by atoms with Crippen molar-refractivity contribution >= 4 is 5.97 Å². The van der Waals surface area contributed by atoms with Crippen molar-refractivity contribution in [3.63, 3.8) is 0 Å². The fourth-order valence-electron chi connectivity index (χ4n) is 4.13. The van der Waals surface area contributed by atoms with Gasteiger partial charge in [0.1, 0.15) is 0 Å². The van der Waals surface area contributed by atoms with Crippen molar-refractivity contribution in [2.24, 2.45) is 5.92 Å². The number of ether oxygens (including phenoxy) is 1. The van der Waals surface area contributed by atoms with Crippen LogP contribution in [0.2, 0.25) is 0 Å². The summed E-state index contributed by atoms with van der Waals surface area (Å²) in [5, 5.41) is 3.89. The third kappa shape index (κ3) is 5.88. The molecule has 0 spiro atoms. The van der Waals surface area contributed by atoms with Gasteiger partial charge in [-0.25, -0.2) is 0 Å². The van der Waals surface area contributed by atoms with Crippen molar-refractivity contribution in [3.05, 3.63) is 0 Å². The molecule has 1 saturated heterocycles. The molecule has 0 bridgehead atoms. The molecular weight excluding hydrogens is 276 g/mol. The van der Waals surface area contributed by atoms with E-state index in [9.17, 15) is 4.79 Å². The Kier molecular flexibility index (Phi) is 7.67. The Balaban J connectivity index is 1.86. The van der Waals surface area contributed by atoms with Crippen molar-refractivity contribution in [2.75, 3.05) is 26.2 Å². The summed E-state index contributed by atoms with van der Waals surface area (Å²) >= 11 is 0. The van der Waals surface area contributed by atoms with Gasteiger partial charge in [-0.15, -0.1) is 0 Å². The van der Waals surface area contributed by atoms with E-state index in [1.165, 1.54) is 38.5 Å². The highest BCUT2D eigenvalue weighted by Gasteiger charge is 2.30. The van der Waals surface area contributed by atoms with E-state index in [1.807, 2.05) is 6.92 Å². The predicted octanol–water partition coefficient (Wildman–Crippen LogP) is 2.96. The normalized spacial score (nSPS) is 27.7. The number of carbonyl (C=O) groups excluding carboxylic acids is 1. The monoisotopic (exact) mass is 310 g/mol. The van der Waals surface area contributed by atoms with Crippen LogP contribution >= 0.6 is 0 Å². The minimum atomic E-state index is -0.0257. The SMILES string of the molecule is CCCN1CC(CC(=O)OCC)CC(NC2CCCCC2)C1. The van der Waals surface area contributed by atoms with Gasteiger partial charge >= 0.3 is 5.97 Å². The Morgan fingerprint density at radius 3 is 2.59 bits per heavy atom. The lowest BCUT2D eigenvalue weighted by molar-refractivity contribution is -0.144. The lowest BCUT2D eigenvalue weighted by Crippen LogP contribution is -2.52. The minimum Gasteiger partial charge on any atom is -0.466 e. The van der Waals surface area contributed by atoms with Gasteiger partial charge in [-0.2, -0.15) is 0 Å². The smallest absolute Gasteiger partial charge is 0.306 e. The second-order valence-electron chi connectivity index (χ2n) is 7.07. The van der Waals surface area contributed by atoms with Gasteiger partial charge in [0.2, 0.25) is 0 Å². The van der Waals surface area contributed by atoms with Crippen molar-refractivity contribution in [1.29, 1.82) is 0 Å². The largest absolute Gasteiger partial charge is 0.466 e. The standard InChI is InChI=1S/C18H34N2O2/c1-3-10-20-13-15(12-18(21)22-4-2)11-17(14-20)19-16-8-6-5-7-9-16/h15-17,19H,3-14H2,1-2H3. The molecule has 1 N–H and O–H groups in total. The molecule has 0 aromatic rings. The van der Waals surface area contributed by atoms with Crippen LogP contribution in [-0.4, -0.2) is 49.2 Å². The van der Waals surface area contributed by atoms with Crippen LogP contribution in [0.1, 0.15) is 65.2 Å². The summed E-state index contributed by atoms with van der Waals surface area (Å²) in [6.07, 6.45) is 9.68. The maximum Gasteiger partial charge on any atom is 0.306 e. The first-order valence-corrected chi connectivity index (χ1v) is 9.35. The van der Waals surface area contributed by atoms with Crippen molar-refractivity contribution < 1.29 is 9.53 Å². The summed E-state index contributed by atoms with van der Waals surface area (Å²) in [6, 6.07) is 1.24. The first-order valence-electron chi connectivity index (χ1n) is 9.35. The lowest BCUT2D eigenvalue weighted by atomic mass is 9.89. The van der Waals surface area contributed by atoms with Crippen LogP contribution in [0.25, 0.3) is 0 Å². The predicted molar refractivity (Wildman–Crippen MR) is 89.9 cm³/mol. The van der Waals surface area contributed by atoms with Crippen LogP contribution in [0.5, 0.6) is 0 Å². The van der Waals surface area contributed by atoms with Crippen LogP contribution < -0.4 is 5.32 Å². The summed E-state index contributed by atoms with van der Waals surface area (Å²) in [5.74, 6) is 0.419. The Morgan fingerprint density at radius 2 is 1.91 bits per heavy atom. The molecule has 128 valence electrons. The number of piperidine rings is 1. The van der Waals surface area contributed by atoms with E-state index in [2.05, 4.69) is 17.1 Å². The van der Waals surface area contributed by atoms with E-state index < -0.39 is 0 Å². The zero-order valence-electron chi connectivity index (χ0n) is 14.5. The van der Waals surface area contributed by atoms with E-state index in [0.717, 1.165) is 26.1 Å². The summed E-state index contributed by atoms with van der Waals surface area (Å²) < 4.78 is 5.15. The van der Waals surface area contributed by atoms with Gasteiger partial charge in [0, 0.05) is 31.6 Å². The van der Waals surface area contributed by atoms with Gasteiger partial charge < -0.3 is 15.0 Å². The highest BCUT2D eigenvalue weighted by molar-refractivity contribution is 5.69. The molecule has 4 heteroatoms. The molecule has 22 heavy (non-hydrogen) atoms. The van der Waals surface area contributed by atoms with Crippen LogP contribution in [0.15, 0.2) is 0 Å². The van der Waals surface area contributed by atoms with E-state index >= 15 is 0 Å². The Hall–Kier alpha value is -0.610. The molecule has 1 heterocycles.